The standard InChI is InChI=1S/C16H26N2O2/c1-13(18(4)12-16(2,3)20)15(19)17-11-10-14-8-6-5-7-9-14/h5-9,13,20H,10-12H2,1-4H3,(H,17,19). The first-order valence-corrected chi connectivity index (χ1v) is 7.04. The zero-order valence-electron chi connectivity index (χ0n) is 12.9. The van der Waals surface area contributed by atoms with Crippen molar-refractivity contribution in [2.45, 2.75) is 38.8 Å². The van der Waals surface area contributed by atoms with E-state index in [-0.39, 0.29) is 11.9 Å². The summed E-state index contributed by atoms with van der Waals surface area (Å²) in [5.41, 5.74) is 0.415. The Bertz CT molecular complexity index is 412. The van der Waals surface area contributed by atoms with Crippen molar-refractivity contribution >= 4 is 5.91 Å². The van der Waals surface area contributed by atoms with Crippen molar-refractivity contribution in [1.82, 2.24) is 10.2 Å². The number of hydrogen-bond donors (Lipinski definition) is 2. The first kappa shape index (κ1) is 16.7. The topological polar surface area (TPSA) is 52.6 Å². The monoisotopic (exact) mass is 278 g/mol. The molecule has 0 aliphatic carbocycles. The molecule has 112 valence electrons. The molecular formula is C16H26N2O2. The molecule has 0 aliphatic heterocycles. The summed E-state index contributed by atoms with van der Waals surface area (Å²) in [5.74, 6) is -0.00678. The third kappa shape index (κ3) is 6.17. The molecule has 0 aromatic heterocycles. The maximum Gasteiger partial charge on any atom is 0.237 e. The summed E-state index contributed by atoms with van der Waals surface area (Å²) in [6.45, 7) is 6.42. The molecule has 4 nitrogen and oxygen atoms in total. The van der Waals surface area contributed by atoms with Crippen LogP contribution in [0.2, 0.25) is 0 Å². The van der Waals surface area contributed by atoms with Gasteiger partial charge in [0.1, 0.15) is 0 Å². The minimum absolute atomic E-state index is 0.00678. The highest BCUT2D eigenvalue weighted by Crippen LogP contribution is 2.06. The van der Waals surface area contributed by atoms with E-state index in [1.807, 2.05) is 37.1 Å². The second kappa shape index (κ2) is 7.41. The predicted octanol–water partition coefficient (Wildman–Crippen LogP) is 1.44. The van der Waals surface area contributed by atoms with E-state index in [0.29, 0.717) is 13.1 Å². The fraction of sp³-hybridized carbons (Fsp3) is 0.562. The van der Waals surface area contributed by atoms with Crippen LogP contribution in [-0.2, 0) is 11.2 Å². The van der Waals surface area contributed by atoms with E-state index in [9.17, 15) is 9.90 Å². The van der Waals surface area contributed by atoms with Crippen LogP contribution in [0.3, 0.4) is 0 Å². The molecule has 1 amide bonds. The van der Waals surface area contributed by atoms with Gasteiger partial charge in [0, 0.05) is 13.1 Å². The molecule has 0 saturated heterocycles. The van der Waals surface area contributed by atoms with Crippen molar-refractivity contribution in [1.29, 1.82) is 0 Å². The van der Waals surface area contributed by atoms with Gasteiger partial charge in [-0.2, -0.15) is 0 Å². The third-order valence-corrected chi connectivity index (χ3v) is 3.23. The summed E-state index contributed by atoms with van der Waals surface area (Å²) in [6.07, 6.45) is 0.828. The first-order valence-electron chi connectivity index (χ1n) is 7.04. The molecule has 0 spiro atoms. The second-order valence-electron chi connectivity index (χ2n) is 5.93. The highest BCUT2D eigenvalue weighted by atomic mass is 16.3. The summed E-state index contributed by atoms with van der Waals surface area (Å²) in [5, 5.41) is 12.7. The van der Waals surface area contributed by atoms with E-state index >= 15 is 0 Å². The molecule has 1 aromatic rings. The fourth-order valence-corrected chi connectivity index (χ4v) is 2.07. The van der Waals surface area contributed by atoms with Gasteiger partial charge in [-0.3, -0.25) is 9.69 Å². The number of carbonyl (C=O) groups excluding carboxylic acids is 1. The van der Waals surface area contributed by atoms with Crippen LogP contribution in [0.15, 0.2) is 30.3 Å². The molecule has 0 bridgehead atoms. The van der Waals surface area contributed by atoms with E-state index in [4.69, 9.17) is 0 Å². The van der Waals surface area contributed by atoms with Crippen molar-refractivity contribution in [2.24, 2.45) is 0 Å². The maximum absolute atomic E-state index is 12.0. The third-order valence-electron chi connectivity index (χ3n) is 3.23. The molecule has 1 rings (SSSR count). The van der Waals surface area contributed by atoms with Crippen molar-refractivity contribution < 1.29 is 9.90 Å². The molecule has 0 aliphatic rings. The van der Waals surface area contributed by atoms with Gasteiger partial charge in [-0.15, -0.1) is 0 Å². The first-order chi connectivity index (χ1) is 9.29. The van der Waals surface area contributed by atoms with Gasteiger partial charge in [0.25, 0.3) is 0 Å². The summed E-state index contributed by atoms with van der Waals surface area (Å²) in [6, 6.07) is 9.83. The van der Waals surface area contributed by atoms with Crippen LogP contribution in [-0.4, -0.2) is 47.7 Å². The zero-order valence-corrected chi connectivity index (χ0v) is 12.9. The Morgan fingerprint density at radius 2 is 1.95 bits per heavy atom. The van der Waals surface area contributed by atoms with Gasteiger partial charge in [0.15, 0.2) is 0 Å². The number of rotatable bonds is 7. The highest BCUT2D eigenvalue weighted by molar-refractivity contribution is 5.81. The van der Waals surface area contributed by atoms with Crippen LogP contribution >= 0.6 is 0 Å². The van der Waals surface area contributed by atoms with E-state index in [1.165, 1.54) is 5.56 Å². The van der Waals surface area contributed by atoms with Gasteiger partial charge in [-0.05, 0) is 39.8 Å². The van der Waals surface area contributed by atoms with E-state index in [1.54, 1.807) is 13.8 Å². The Hall–Kier alpha value is -1.39. The Kier molecular flexibility index (Phi) is 6.17. The number of carbonyl (C=O) groups is 1. The lowest BCUT2D eigenvalue weighted by molar-refractivity contribution is -0.126. The van der Waals surface area contributed by atoms with E-state index < -0.39 is 5.60 Å². The summed E-state index contributed by atoms with van der Waals surface area (Å²) >= 11 is 0. The van der Waals surface area contributed by atoms with Crippen LogP contribution in [0.4, 0.5) is 0 Å². The number of benzene rings is 1. The average Bonchev–Trinajstić information content (AvgIpc) is 2.37. The molecule has 0 saturated carbocycles. The van der Waals surface area contributed by atoms with Gasteiger partial charge in [0.05, 0.1) is 11.6 Å². The number of hydrogen-bond acceptors (Lipinski definition) is 3. The molecule has 4 heteroatoms. The van der Waals surface area contributed by atoms with Gasteiger partial charge in [-0.25, -0.2) is 0 Å². The van der Waals surface area contributed by atoms with Crippen LogP contribution in [0.1, 0.15) is 26.3 Å². The molecule has 2 N–H and O–H groups in total. The van der Waals surface area contributed by atoms with Crippen LogP contribution in [0, 0.1) is 0 Å². The zero-order chi connectivity index (χ0) is 15.2. The van der Waals surface area contributed by atoms with Crippen molar-refractivity contribution in [2.75, 3.05) is 20.1 Å². The molecule has 1 unspecified atom stereocenters. The quantitative estimate of drug-likeness (QED) is 0.793. The van der Waals surface area contributed by atoms with Gasteiger partial charge < -0.3 is 10.4 Å². The van der Waals surface area contributed by atoms with Crippen LogP contribution in [0.5, 0.6) is 0 Å². The summed E-state index contributed by atoms with van der Waals surface area (Å²) < 4.78 is 0. The smallest absolute Gasteiger partial charge is 0.237 e. The molecule has 20 heavy (non-hydrogen) atoms. The molecule has 0 fully saturated rings. The minimum atomic E-state index is -0.798. The Labute approximate surface area is 121 Å². The molecule has 0 radical (unpaired) electrons. The summed E-state index contributed by atoms with van der Waals surface area (Å²) in [4.78, 5) is 13.9. The Morgan fingerprint density at radius 3 is 2.50 bits per heavy atom. The number of likely N-dealkylation sites (N-methyl/N-ethyl adjacent to an activating group) is 1. The SMILES string of the molecule is CC(C(=O)NCCc1ccccc1)N(C)CC(C)(C)O. The van der Waals surface area contributed by atoms with E-state index in [0.717, 1.165) is 6.42 Å². The number of nitrogens with zero attached hydrogens (tertiary/aromatic N) is 1. The maximum atomic E-state index is 12.0. The predicted molar refractivity (Wildman–Crippen MR) is 81.5 cm³/mol. The van der Waals surface area contributed by atoms with Crippen LogP contribution in [0.25, 0.3) is 0 Å². The summed E-state index contributed by atoms with van der Waals surface area (Å²) in [7, 11) is 1.85. The largest absolute Gasteiger partial charge is 0.389 e. The molecule has 1 aromatic carbocycles. The lowest BCUT2D eigenvalue weighted by atomic mass is 10.1. The Balaban J connectivity index is 2.35. The molecular weight excluding hydrogens is 252 g/mol. The lowest BCUT2D eigenvalue weighted by Gasteiger charge is -2.29. The van der Waals surface area contributed by atoms with Gasteiger partial charge in [0.2, 0.25) is 5.91 Å². The number of aliphatic hydroxyl groups is 1. The molecule has 0 heterocycles. The van der Waals surface area contributed by atoms with Crippen LogP contribution < -0.4 is 5.32 Å². The fourth-order valence-electron chi connectivity index (χ4n) is 2.07. The normalized spacial score (nSPS) is 13.3. The minimum Gasteiger partial charge on any atom is -0.389 e. The Morgan fingerprint density at radius 1 is 1.35 bits per heavy atom. The van der Waals surface area contributed by atoms with Crippen molar-refractivity contribution in [3.8, 4) is 0 Å². The van der Waals surface area contributed by atoms with Gasteiger partial charge in [-0.1, -0.05) is 30.3 Å². The second-order valence-corrected chi connectivity index (χ2v) is 5.93. The lowest BCUT2D eigenvalue weighted by Crippen LogP contribution is -2.48. The number of amides is 1. The van der Waals surface area contributed by atoms with E-state index in [2.05, 4.69) is 17.4 Å². The number of nitrogens with one attached hydrogen (secondary N) is 1. The van der Waals surface area contributed by atoms with Crippen molar-refractivity contribution in [3.05, 3.63) is 35.9 Å². The van der Waals surface area contributed by atoms with Gasteiger partial charge >= 0.3 is 0 Å². The highest BCUT2D eigenvalue weighted by Gasteiger charge is 2.23. The molecule has 1 atom stereocenters. The average molecular weight is 278 g/mol. The van der Waals surface area contributed by atoms with Crippen molar-refractivity contribution in [3.63, 3.8) is 0 Å².